The van der Waals surface area contributed by atoms with E-state index in [0.717, 1.165) is 5.56 Å². The Morgan fingerprint density at radius 1 is 1.26 bits per heavy atom. The van der Waals surface area contributed by atoms with Gasteiger partial charge in [-0.3, -0.25) is 4.79 Å². The topological polar surface area (TPSA) is 76.7 Å². The van der Waals surface area contributed by atoms with E-state index in [1.807, 2.05) is 12.1 Å². The van der Waals surface area contributed by atoms with Crippen LogP contribution in [0.25, 0.3) is 0 Å². The van der Waals surface area contributed by atoms with Crippen molar-refractivity contribution in [2.45, 2.75) is 6.92 Å². The van der Waals surface area contributed by atoms with Crippen LogP contribution in [0.15, 0.2) is 47.6 Å². The third-order valence-corrected chi connectivity index (χ3v) is 3.44. The molecule has 0 spiro atoms. The molecule has 120 valence electrons. The number of nitrogen functional groups attached to an aromatic ring is 1. The summed E-state index contributed by atoms with van der Waals surface area (Å²) in [7, 11) is 0. The Morgan fingerprint density at radius 3 is 2.74 bits per heavy atom. The number of hydrogen-bond donors (Lipinski definition) is 2. The second kappa shape index (κ2) is 7.85. The molecular formula is C16H15Cl2N3O2. The summed E-state index contributed by atoms with van der Waals surface area (Å²) < 4.78 is 5.32. The standard InChI is InChI=1S/C16H15Cl2N3O2/c1-10(11-3-2-4-13(19)7-11)20-21-16(22)9-23-15-6-5-12(17)8-14(15)18/h2-8H,9,19H2,1H3,(H,21,22)/b20-10+. The molecule has 0 fully saturated rings. The van der Waals surface area contributed by atoms with Gasteiger partial charge in [-0.2, -0.15) is 5.10 Å². The number of rotatable bonds is 5. The molecule has 0 bridgehead atoms. The largest absolute Gasteiger partial charge is 0.482 e. The van der Waals surface area contributed by atoms with Gasteiger partial charge < -0.3 is 10.5 Å². The molecule has 0 saturated heterocycles. The Hall–Kier alpha value is -2.24. The van der Waals surface area contributed by atoms with E-state index in [0.29, 0.717) is 27.2 Å². The van der Waals surface area contributed by atoms with Crippen LogP contribution in [0.2, 0.25) is 10.0 Å². The molecule has 5 nitrogen and oxygen atoms in total. The summed E-state index contributed by atoms with van der Waals surface area (Å²) in [6, 6.07) is 12.0. The monoisotopic (exact) mass is 351 g/mol. The van der Waals surface area contributed by atoms with Gasteiger partial charge in [0.05, 0.1) is 10.7 Å². The minimum absolute atomic E-state index is 0.213. The summed E-state index contributed by atoms with van der Waals surface area (Å²) in [5.41, 5.74) is 10.2. The van der Waals surface area contributed by atoms with Crippen LogP contribution in [0, 0.1) is 0 Å². The molecule has 0 aliphatic heterocycles. The summed E-state index contributed by atoms with van der Waals surface area (Å²) in [4.78, 5) is 11.8. The van der Waals surface area contributed by atoms with Crippen LogP contribution in [0.5, 0.6) is 5.75 Å². The van der Waals surface area contributed by atoms with Crippen molar-refractivity contribution in [1.29, 1.82) is 0 Å². The third kappa shape index (κ3) is 5.16. The zero-order chi connectivity index (χ0) is 16.8. The number of anilines is 1. The highest BCUT2D eigenvalue weighted by Crippen LogP contribution is 2.27. The van der Waals surface area contributed by atoms with Gasteiger partial charge in [-0.15, -0.1) is 0 Å². The first kappa shape index (κ1) is 17.1. The van der Waals surface area contributed by atoms with Crippen molar-refractivity contribution in [3.8, 4) is 5.75 Å². The van der Waals surface area contributed by atoms with Crippen LogP contribution in [0.3, 0.4) is 0 Å². The maximum atomic E-state index is 11.8. The Bertz CT molecular complexity index is 748. The summed E-state index contributed by atoms with van der Waals surface area (Å²) >= 11 is 11.7. The van der Waals surface area contributed by atoms with Crippen molar-refractivity contribution < 1.29 is 9.53 Å². The Kier molecular flexibility index (Phi) is 5.84. The van der Waals surface area contributed by atoms with E-state index in [-0.39, 0.29) is 6.61 Å². The molecular weight excluding hydrogens is 337 g/mol. The quantitative estimate of drug-likeness (QED) is 0.491. The van der Waals surface area contributed by atoms with Crippen LogP contribution >= 0.6 is 23.2 Å². The Balaban J connectivity index is 1.90. The summed E-state index contributed by atoms with van der Waals surface area (Å²) in [6.45, 7) is 1.56. The minimum atomic E-state index is -0.403. The molecule has 0 radical (unpaired) electrons. The minimum Gasteiger partial charge on any atom is -0.482 e. The second-order valence-electron chi connectivity index (χ2n) is 4.72. The summed E-state index contributed by atoms with van der Waals surface area (Å²) in [5, 5.41) is 4.84. The summed E-state index contributed by atoms with van der Waals surface area (Å²) in [6.07, 6.45) is 0. The maximum absolute atomic E-state index is 11.8. The van der Waals surface area contributed by atoms with Crippen LogP contribution in [-0.4, -0.2) is 18.2 Å². The molecule has 0 aliphatic rings. The number of nitrogens with one attached hydrogen (secondary N) is 1. The zero-order valence-electron chi connectivity index (χ0n) is 12.3. The number of hydrazone groups is 1. The van der Waals surface area contributed by atoms with E-state index in [1.54, 1.807) is 37.3 Å². The van der Waals surface area contributed by atoms with E-state index in [9.17, 15) is 4.79 Å². The molecule has 23 heavy (non-hydrogen) atoms. The lowest BCUT2D eigenvalue weighted by molar-refractivity contribution is -0.123. The van der Waals surface area contributed by atoms with Gasteiger partial charge in [-0.25, -0.2) is 5.43 Å². The molecule has 3 N–H and O–H groups in total. The van der Waals surface area contributed by atoms with Gasteiger partial charge in [-0.1, -0.05) is 35.3 Å². The molecule has 1 amide bonds. The lowest BCUT2D eigenvalue weighted by Crippen LogP contribution is -2.25. The van der Waals surface area contributed by atoms with Gasteiger partial charge in [0, 0.05) is 10.7 Å². The number of benzene rings is 2. The van der Waals surface area contributed by atoms with Crippen molar-refractivity contribution in [2.24, 2.45) is 5.10 Å². The van der Waals surface area contributed by atoms with Crippen LogP contribution in [0.1, 0.15) is 12.5 Å². The van der Waals surface area contributed by atoms with Gasteiger partial charge in [0.15, 0.2) is 6.61 Å². The fraction of sp³-hybridized carbons (Fsp3) is 0.125. The molecule has 0 aliphatic carbocycles. The van der Waals surface area contributed by atoms with Crippen molar-refractivity contribution in [2.75, 3.05) is 12.3 Å². The molecule has 0 heterocycles. The lowest BCUT2D eigenvalue weighted by Gasteiger charge is -2.07. The second-order valence-corrected chi connectivity index (χ2v) is 5.56. The van der Waals surface area contributed by atoms with E-state index in [2.05, 4.69) is 10.5 Å². The van der Waals surface area contributed by atoms with Gasteiger partial charge in [0.1, 0.15) is 5.75 Å². The number of ether oxygens (including phenoxy) is 1. The molecule has 2 rings (SSSR count). The normalized spacial score (nSPS) is 11.2. The smallest absolute Gasteiger partial charge is 0.277 e. The van der Waals surface area contributed by atoms with Crippen LogP contribution in [0.4, 0.5) is 5.69 Å². The van der Waals surface area contributed by atoms with E-state index < -0.39 is 5.91 Å². The number of carbonyl (C=O) groups excluding carboxylic acids is 1. The molecule has 0 aromatic heterocycles. The Morgan fingerprint density at radius 2 is 2.04 bits per heavy atom. The average molecular weight is 352 g/mol. The predicted molar refractivity (Wildman–Crippen MR) is 93.2 cm³/mol. The SMILES string of the molecule is C/C(=N\NC(=O)COc1ccc(Cl)cc1Cl)c1cccc(N)c1. The van der Waals surface area contributed by atoms with Gasteiger partial charge in [0.2, 0.25) is 0 Å². The third-order valence-electron chi connectivity index (χ3n) is 2.91. The van der Waals surface area contributed by atoms with Crippen molar-refractivity contribution in [1.82, 2.24) is 5.43 Å². The summed E-state index contributed by atoms with van der Waals surface area (Å²) in [5.74, 6) is -0.0259. The molecule has 2 aromatic rings. The number of nitrogens with zero attached hydrogens (tertiary/aromatic N) is 1. The first-order valence-electron chi connectivity index (χ1n) is 6.72. The average Bonchev–Trinajstić information content (AvgIpc) is 2.51. The van der Waals surface area contributed by atoms with Crippen LogP contribution in [-0.2, 0) is 4.79 Å². The van der Waals surface area contributed by atoms with Crippen molar-refractivity contribution >= 4 is 40.5 Å². The van der Waals surface area contributed by atoms with Gasteiger partial charge >= 0.3 is 0 Å². The van der Waals surface area contributed by atoms with Crippen LogP contribution < -0.4 is 15.9 Å². The van der Waals surface area contributed by atoms with Crippen molar-refractivity contribution in [3.63, 3.8) is 0 Å². The molecule has 0 atom stereocenters. The first-order valence-corrected chi connectivity index (χ1v) is 7.48. The lowest BCUT2D eigenvalue weighted by atomic mass is 10.1. The number of carbonyl (C=O) groups is 1. The Labute approximate surface area is 144 Å². The fourth-order valence-corrected chi connectivity index (χ4v) is 2.21. The number of nitrogens with two attached hydrogens (primary N) is 1. The highest BCUT2D eigenvalue weighted by molar-refractivity contribution is 6.35. The molecule has 0 unspecified atom stereocenters. The van der Waals surface area contributed by atoms with Gasteiger partial charge in [0.25, 0.3) is 5.91 Å². The van der Waals surface area contributed by atoms with E-state index >= 15 is 0 Å². The molecule has 2 aromatic carbocycles. The zero-order valence-corrected chi connectivity index (χ0v) is 13.9. The van der Waals surface area contributed by atoms with E-state index in [1.165, 1.54) is 0 Å². The molecule has 7 heteroatoms. The number of halogens is 2. The van der Waals surface area contributed by atoms with Gasteiger partial charge in [-0.05, 0) is 42.8 Å². The first-order chi connectivity index (χ1) is 11.0. The maximum Gasteiger partial charge on any atom is 0.277 e. The highest BCUT2D eigenvalue weighted by atomic mass is 35.5. The predicted octanol–water partition coefficient (Wildman–Crippen LogP) is 3.49. The van der Waals surface area contributed by atoms with Crippen molar-refractivity contribution in [3.05, 3.63) is 58.1 Å². The number of amides is 1. The highest BCUT2D eigenvalue weighted by Gasteiger charge is 2.06. The van der Waals surface area contributed by atoms with E-state index in [4.69, 9.17) is 33.7 Å². The molecule has 0 saturated carbocycles. The fourth-order valence-electron chi connectivity index (χ4n) is 1.74. The number of hydrogen-bond acceptors (Lipinski definition) is 4.